The van der Waals surface area contributed by atoms with Crippen LogP contribution >= 0.6 is 0 Å². The van der Waals surface area contributed by atoms with Gasteiger partial charge >= 0.3 is 0 Å². The maximum Gasteiger partial charge on any atom is 0.224 e. The van der Waals surface area contributed by atoms with Crippen molar-refractivity contribution in [1.82, 2.24) is 0 Å². The Hall–Kier alpha value is -2.36. The molecule has 4 heteroatoms. The lowest BCUT2D eigenvalue weighted by atomic mass is 9.98. The van der Waals surface area contributed by atoms with E-state index in [1.807, 2.05) is 12.1 Å². The molecule has 0 saturated heterocycles. The van der Waals surface area contributed by atoms with Gasteiger partial charge in [0, 0.05) is 12.1 Å². The van der Waals surface area contributed by atoms with Crippen molar-refractivity contribution >= 4 is 11.6 Å². The average Bonchev–Trinajstić information content (AvgIpc) is 2.51. The van der Waals surface area contributed by atoms with Gasteiger partial charge in [-0.25, -0.2) is 4.39 Å². The summed E-state index contributed by atoms with van der Waals surface area (Å²) in [6.07, 6.45) is 0.936. The molecule has 3 nitrogen and oxygen atoms in total. The number of aryl methyl sites for hydroxylation is 1. The van der Waals surface area contributed by atoms with Crippen LogP contribution in [0.5, 0.6) is 5.75 Å². The van der Waals surface area contributed by atoms with E-state index in [-0.39, 0.29) is 11.7 Å². The molecule has 0 heterocycles. The first-order valence-electron chi connectivity index (χ1n) is 8.24. The summed E-state index contributed by atoms with van der Waals surface area (Å²) in [5.41, 5.74) is 3.00. The van der Waals surface area contributed by atoms with Crippen molar-refractivity contribution in [3.63, 3.8) is 0 Å². The zero-order chi connectivity index (χ0) is 17.5. The van der Waals surface area contributed by atoms with Crippen LogP contribution in [0.1, 0.15) is 43.7 Å². The highest BCUT2D eigenvalue weighted by Crippen LogP contribution is 2.23. The Bertz CT molecular complexity index is 698. The van der Waals surface area contributed by atoms with Crippen LogP contribution in [0.25, 0.3) is 0 Å². The smallest absolute Gasteiger partial charge is 0.224 e. The number of hydrogen-bond donors (Lipinski definition) is 1. The summed E-state index contributed by atoms with van der Waals surface area (Å²) in [5.74, 6) is 0.805. The van der Waals surface area contributed by atoms with Crippen LogP contribution in [-0.2, 0) is 4.79 Å². The third-order valence-corrected chi connectivity index (χ3v) is 3.79. The number of amides is 1. The molecule has 0 aliphatic heterocycles. The molecule has 1 amide bonds. The predicted molar refractivity (Wildman–Crippen MR) is 95.0 cm³/mol. The molecule has 0 atom stereocenters. The number of ether oxygens (including phenoxy) is 1. The second kappa shape index (κ2) is 8.48. The van der Waals surface area contributed by atoms with Crippen molar-refractivity contribution in [2.24, 2.45) is 0 Å². The Balaban J connectivity index is 1.74. The Kier molecular flexibility index (Phi) is 6.36. The lowest BCUT2D eigenvalue weighted by molar-refractivity contribution is -0.116. The van der Waals surface area contributed by atoms with E-state index in [4.69, 9.17) is 4.74 Å². The Morgan fingerprint density at radius 1 is 1.21 bits per heavy atom. The van der Waals surface area contributed by atoms with E-state index in [1.165, 1.54) is 23.3 Å². The van der Waals surface area contributed by atoms with Gasteiger partial charge < -0.3 is 10.1 Å². The van der Waals surface area contributed by atoms with Gasteiger partial charge in [0.05, 0.1) is 6.61 Å². The number of hydrogen-bond acceptors (Lipinski definition) is 2. The fraction of sp³-hybridized carbons (Fsp3) is 0.350. The molecule has 2 rings (SSSR count). The highest BCUT2D eigenvalue weighted by molar-refractivity contribution is 5.90. The average molecular weight is 329 g/mol. The number of nitrogens with one attached hydrogen (secondary N) is 1. The number of carbonyl (C=O) groups excluding carboxylic acids is 1. The lowest BCUT2D eigenvalue weighted by Gasteiger charge is -2.12. The minimum absolute atomic E-state index is 0.143. The molecule has 0 aromatic heterocycles. The molecule has 0 saturated carbocycles. The minimum Gasteiger partial charge on any atom is -0.494 e. The quantitative estimate of drug-likeness (QED) is 0.721. The molecule has 2 aromatic rings. The van der Waals surface area contributed by atoms with Crippen LogP contribution in [0.15, 0.2) is 42.5 Å². The fourth-order valence-electron chi connectivity index (χ4n) is 2.60. The number of rotatable bonds is 7. The van der Waals surface area contributed by atoms with E-state index < -0.39 is 0 Å². The first-order valence-corrected chi connectivity index (χ1v) is 8.24. The van der Waals surface area contributed by atoms with E-state index in [0.717, 1.165) is 5.75 Å². The second-order valence-electron chi connectivity index (χ2n) is 6.18. The Labute approximate surface area is 142 Å². The highest BCUT2D eigenvalue weighted by Gasteiger charge is 2.06. The maximum absolute atomic E-state index is 13.1. The number of anilines is 1. The van der Waals surface area contributed by atoms with E-state index in [0.29, 0.717) is 31.1 Å². The molecule has 0 bridgehead atoms. The van der Waals surface area contributed by atoms with Crippen LogP contribution in [0.3, 0.4) is 0 Å². The van der Waals surface area contributed by atoms with Crippen molar-refractivity contribution in [3.05, 3.63) is 59.4 Å². The molecule has 0 aliphatic rings. The van der Waals surface area contributed by atoms with Gasteiger partial charge in [-0.2, -0.15) is 0 Å². The first kappa shape index (κ1) is 18.0. The summed E-state index contributed by atoms with van der Waals surface area (Å²) in [5, 5.41) is 2.68. The van der Waals surface area contributed by atoms with Crippen molar-refractivity contribution in [3.8, 4) is 5.75 Å². The predicted octanol–water partition coefficient (Wildman–Crippen LogP) is 5.06. The van der Waals surface area contributed by atoms with Crippen LogP contribution in [-0.4, -0.2) is 12.5 Å². The van der Waals surface area contributed by atoms with Crippen molar-refractivity contribution < 1.29 is 13.9 Å². The van der Waals surface area contributed by atoms with Gasteiger partial charge in [0.15, 0.2) is 0 Å². The molecule has 0 fully saturated rings. The van der Waals surface area contributed by atoms with Gasteiger partial charge in [-0.1, -0.05) is 26.0 Å². The molecular weight excluding hydrogens is 305 g/mol. The molecule has 128 valence electrons. The topological polar surface area (TPSA) is 38.3 Å². The maximum atomic E-state index is 13.1. The summed E-state index contributed by atoms with van der Waals surface area (Å²) in [6.45, 7) is 6.88. The largest absolute Gasteiger partial charge is 0.494 e. The number of halogens is 1. The minimum atomic E-state index is -0.364. The summed E-state index contributed by atoms with van der Waals surface area (Å²) in [4.78, 5) is 11.8. The summed E-state index contributed by atoms with van der Waals surface area (Å²) < 4.78 is 18.8. The Morgan fingerprint density at radius 2 is 2.00 bits per heavy atom. The summed E-state index contributed by atoms with van der Waals surface area (Å²) >= 11 is 0. The molecular formula is C20H24FNO2. The summed E-state index contributed by atoms with van der Waals surface area (Å²) in [7, 11) is 0. The molecule has 24 heavy (non-hydrogen) atoms. The number of benzene rings is 2. The van der Waals surface area contributed by atoms with E-state index in [1.54, 1.807) is 12.1 Å². The molecule has 0 spiro atoms. The first-order chi connectivity index (χ1) is 11.5. The molecule has 0 aliphatic carbocycles. The van der Waals surface area contributed by atoms with Gasteiger partial charge in [0.1, 0.15) is 11.6 Å². The third-order valence-electron chi connectivity index (χ3n) is 3.79. The van der Waals surface area contributed by atoms with Crippen LogP contribution < -0.4 is 10.1 Å². The van der Waals surface area contributed by atoms with Crippen molar-refractivity contribution in [2.75, 3.05) is 11.9 Å². The van der Waals surface area contributed by atoms with Crippen LogP contribution in [0.2, 0.25) is 0 Å². The van der Waals surface area contributed by atoms with Crippen molar-refractivity contribution in [1.29, 1.82) is 0 Å². The van der Waals surface area contributed by atoms with Gasteiger partial charge in [-0.3, -0.25) is 4.79 Å². The SMILES string of the molecule is Cc1cc(OCCCC(=O)Nc2cccc(F)c2)ccc1C(C)C. The Morgan fingerprint density at radius 3 is 2.67 bits per heavy atom. The van der Waals surface area contributed by atoms with Gasteiger partial charge in [0.2, 0.25) is 5.91 Å². The van der Waals surface area contributed by atoms with E-state index >= 15 is 0 Å². The van der Waals surface area contributed by atoms with Gasteiger partial charge in [-0.05, 0) is 60.7 Å². The molecule has 1 N–H and O–H groups in total. The molecule has 2 aromatic carbocycles. The second-order valence-corrected chi connectivity index (χ2v) is 6.18. The molecule has 0 unspecified atom stereocenters. The fourth-order valence-corrected chi connectivity index (χ4v) is 2.60. The molecule has 0 radical (unpaired) electrons. The third kappa shape index (κ3) is 5.37. The normalized spacial score (nSPS) is 10.7. The van der Waals surface area contributed by atoms with Crippen LogP contribution in [0, 0.1) is 12.7 Å². The zero-order valence-corrected chi connectivity index (χ0v) is 14.4. The lowest BCUT2D eigenvalue weighted by Crippen LogP contribution is -2.13. The number of carbonyl (C=O) groups is 1. The van der Waals surface area contributed by atoms with E-state index in [9.17, 15) is 9.18 Å². The summed E-state index contributed by atoms with van der Waals surface area (Å²) in [6, 6.07) is 12.0. The standard InChI is InChI=1S/C20H24FNO2/c1-14(2)19-10-9-18(12-15(19)3)24-11-5-8-20(23)22-17-7-4-6-16(21)13-17/h4,6-7,9-10,12-14H,5,8,11H2,1-3H3,(H,22,23). The van der Waals surface area contributed by atoms with Gasteiger partial charge in [-0.15, -0.1) is 0 Å². The van der Waals surface area contributed by atoms with Gasteiger partial charge in [0.25, 0.3) is 0 Å². The monoisotopic (exact) mass is 329 g/mol. The highest BCUT2D eigenvalue weighted by atomic mass is 19.1. The zero-order valence-electron chi connectivity index (χ0n) is 14.4. The van der Waals surface area contributed by atoms with Crippen LogP contribution in [0.4, 0.5) is 10.1 Å². The van der Waals surface area contributed by atoms with E-state index in [2.05, 4.69) is 32.2 Å². The van der Waals surface area contributed by atoms with Crippen molar-refractivity contribution in [2.45, 2.75) is 39.5 Å².